The molecule has 0 saturated carbocycles. The molecule has 3 heterocycles. The van der Waals surface area contributed by atoms with E-state index in [0.717, 1.165) is 18.9 Å². The number of hydrogen-bond donors (Lipinski definition) is 0. The van der Waals surface area contributed by atoms with Crippen molar-refractivity contribution in [2.24, 2.45) is 5.41 Å². The van der Waals surface area contributed by atoms with E-state index in [1.54, 1.807) is 6.20 Å². The van der Waals surface area contributed by atoms with Crippen LogP contribution in [-0.2, 0) is 0 Å². The molecule has 112 valence electrons. The van der Waals surface area contributed by atoms with Gasteiger partial charge in [-0.25, -0.2) is 4.98 Å². The van der Waals surface area contributed by atoms with E-state index in [4.69, 9.17) is 5.26 Å². The summed E-state index contributed by atoms with van der Waals surface area (Å²) in [5.41, 5.74) is 1.33. The first kappa shape index (κ1) is 14.3. The molecule has 21 heavy (non-hydrogen) atoms. The Morgan fingerprint density at radius 2 is 1.95 bits per heavy atom. The Morgan fingerprint density at radius 3 is 2.52 bits per heavy atom. The van der Waals surface area contributed by atoms with Crippen molar-refractivity contribution in [1.29, 1.82) is 5.26 Å². The minimum Gasteiger partial charge on any atom is -0.356 e. The van der Waals surface area contributed by atoms with Gasteiger partial charge in [0.1, 0.15) is 11.9 Å². The average molecular weight is 284 g/mol. The summed E-state index contributed by atoms with van der Waals surface area (Å²) in [6.45, 7) is 11.5. The molecule has 3 rings (SSSR count). The fourth-order valence-electron chi connectivity index (χ4n) is 3.61. The maximum absolute atomic E-state index is 8.86. The van der Waals surface area contributed by atoms with E-state index < -0.39 is 0 Å². The predicted octanol–water partition coefficient (Wildman–Crippen LogP) is 2.65. The van der Waals surface area contributed by atoms with Crippen molar-refractivity contribution in [2.75, 3.05) is 31.1 Å². The number of likely N-dealkylation sites (tertiary alicyclic amines) is 1. The highest BCUT2D eigenvalue weighted by Gasteiger charge is 2.45. The predicted molar refractivity (Wildman–Crippen MR) is 84.2 cm³/mol. The molecule has 4 heteroatoms. The maximum Gasteiger partial charge on any atom is 0.128 e. The molecule has 2 aliphatic heterocycles. The molecule has 2 fully saturated rings. The average Bonchev–Trinajstić information content (AvgIpc) is 3.07. The van der Waals surface area contributed by atoms with E-state index in [1.165, 1.54) is 25.9 Å². The summed E-state index contributed by atoms with van der Waals surface area (Å²) >= 11 is 0. The monoisotopic (exact) mass is 284 g/mol. The summed E-state index contributed by atoms with van der Waals surface area (Å²) < 4.78 is 0. The molecule has 0 N–H and O–H groups in total. The quantitative estimate of drug-likeness (QED) is 0.795. The van der Waals surface area contributed by atoms with Crippen LogP contribution >= 0.6 is 0 Å². The molecule has 0 radical (unpaired) electrons. The highest BCUT2D eigenvalue weighted by molar-refractivity contribution is 5.43. The third-order valence-electron chi connectivity index (χ3n) is 5.03. The molecule has 1 spiro atoms. The van der Waals surface area contributed by atoms with Crippen molar-refractivity contribution in [3.05, 3.63) is 23.9 Å². The summed E-state index contributed by atoms with van der Waals surface area (Å²) in [7, 11) is 0. The summed E-state index contributed by atoms with van der Waals surface area (Å²) in [4.78, 5) is 9.44. The van der Waals surface area contributed by atoms with Crippen molar-refractivity contribution in [3.63, 3.8) is 0 Å². The van der Waals surface area contributed by atoms with Crippen molar-refractivity contribution in [1.82, 2.24) is 9.88 Å². The fraction of sp³-hybridized carbons (Fsp3) is 0.647. The smallest absolute Gasteiger partial charge is 0.128 e. The van der Waals surface area contributed by atoms with Crippen LogP contribution in [0.4, 0.5) is 5.82 Å². The second-order valence-corrected chi connectivity index (χ2v) is 7.53. The minimum absolute atomic E-state index is 0.267. The standard InChI is InChI=1S/C17H24N4/c1-16(2,3)21-9-7-17(13-21)6-8-20(12-17)15-5-4-14(10-18)11-19-15/h4-5,11H,6-9,12-13H2,1-3H3. The zero-order chi connectivity index (χ0) is 15.1. The highest BCUT2D eigenvalue weighted by Crippen LogP contribution is 2.42. The Bertz CT molecular complexity index is 552. The zero-order valence-corrected chi connectivity index (χ0v) is 13.3. The molecule has 2 saturated heterocycles. The van der Waals surface area contributed by atoms with Crippen molar-refractivity contribution >= 4 is 5.82 Å². The SMILES string of the molecule is CC(C)(C)N1CCC2(CCN(c3ccc(C#N)cn3)C2)C1. The van der Waals surface area contributed by atoms with Gasteiger partial charge in [0.25, 0.3) is 0 Å². The van der Waals surface area contributed by atoms with Crippen LogP contribution < -0.4 is 4.90 Å². The minimum atomic E-state index is 0.267. The van der Waals surface area contributed by atoms with E-state index in [2.05, 4.69) is 41.6 Å². The summed E-state index contributed by atoms with van der Waals surface area (Å²) in [6, 6.07) is 5.97. The third-order valence-corrected chi connectivity index (χ3v) is 5.03. The molecule has 1 aromatic heterocycles. The van der Waals surface area contributed by atoms with Crippen molar-refractivity contribution in [3.8, 4) is 6.07 Å². The van der Waals surface area contributed by atoms with Gasteiger partial charge in [-0.15, -0.1) is 0 Å². The lowest BCUT2D eigenvalue weighted by atomic mass is 9.86. The number of nitriles is 1. The van der Waals surface area contributed by atoms with Gasteiger partial charge < -0.3 is 4.90 Å². The number of anilines is 1. The first-order valence-electron chi connectivity index (χ1n) is 7.78. The molecule has 0 aliphatic carbocycles. The Hall–Kier alpha value is -1.60. The molecule has 2 aliphatic rings. The molecule has 0 bridgehead atoms. The van der Waals surface area contributed by atoms with E-state index in [0.29, 0.717) is 11.0 Å². The number of aromatic nitrogens is 1. The van der Waals surface area contributed by atoms with Crippen LogP contribution in [-0.4, -0.2) is 41.6 Å². The third kappa shape index (κ3) is 2.75. The van der Waals surface area contributed by atoms with Gasteiger partial charge >= 0.3 is 0 Å². The molecule has 4 nitrogen and oxygen atoms in total. The number of rotatable bonds is 1. The molecule has 1 aromatic rings. The van der Waals surface area contributed by atoms with E-state index in [9.17, 15) is 0 Å². The van der Waals surface area contributed by atoms with Gasteiger partial charge in [0.2, 0.25) is 0 Å². The fourth-order valence-corrected chi connectivity index (χ4v) is 3.61. The number of pyridine rings is 1. The first-order valence-corrected chi connectivity index (χ1v) is 7.78. The van der Waals surface area contributed by atoms with Crippen LogP contribution in [0.15, 0.2) is 18.3 Å². The molecule has 0 aromatic carbocycles. The Morgan fingerprint density at radius 1 is 1.19 bits per heavy atom. The van der Waals surface area contributed by atoms with Crippen LogP contribution in [0.1, 0.15) is 39.2 Å². The highest BCUT2D eigenvalue weighted by atomic mass is 15.3. The van der Waals surface area contributed by atoms with Gasteiger partial charge in [-0.05, 0) is 52.3 Å². The molecular formula is C17H24N4. The van der Waals surface area contributed by atoms with E-state index >= 15 is 0 Å². The van der Waals surface area contributed by atoms with Gasteiger partial charge in [-0.1, -0.05) is 0 Å². The lowest BCUT2D eigenvalue weighted by molar-refractivity contribution is 0.153. The maximum atomic E-state index is 8.86. The number of hydrogen-bond acceptors (Lipinski definition) is 4. The molecule has 1 unspecified atom stereocenters. The summed E-state index contributed by atoms with van der Waals surface area (Å²) in [5, 5.41) is 8.86. The Kier molecular flexibility index (Phi) is 3.41. The Balaban J connectivity index is 1.69. The van der Waals surface area contributed by atoms with Crippen LogP contribution in [0.3, 0.4) is 0 Å². The van der Waals surface area contributed by atoms with Crippen LogP contribution in [0.2, 0.25) is 0 Å². The lowest BCUT2D eigenvalue weighted by Gasteiger charge is -2.33. The summed E-state index contributed by atoms with van der Waals surface area (Å²) in [5.74, 6) is 1.01. The van der Waals surface area contributed by atoms with Crippen LogP contribution in [0, 0.1) is 16.7 Å². The van der Waals surface area contributed by atoms with Crippen molar-refractivity contribution in [2.45, 2.75) is 39.2 Å². The van der Waals surface area contributed by atoms with Crippen LogP contribution in [0.5, 0.6) is 0 Å². The van der Waals surface area contributed by atoms with Gasteiger partial charge in [0.05, 0.1) is 5.56 Å². The van der Waals surface area contributed by atoms with E-state index in [-0.39, 0.29) is 5.54 Å². The largest absolute Gasteiger partial charge is 0.356 e. The molecule has 1 atom stereocenters. The topological polar surface area (TPSA) is 43.2 Å². The van der Waals surface area contributed by atoms with Gasteiger partial charge in [0, 0.05) is 36.8 Å². The zero-order valence-electron chi connectivity index (χ0n) is 13.3. The summed E-state index contributed by atoms with van der Waals surface area (Å²) in [6.07, 6.45) is 4.22. The van der Waals surface area contributed by atoms with Crippen molar-refractivity contribution < 1.29 is 0 Å². The molecule has 0 amide bonds. The number of nitrogens with zero attached hydrogens (tertiary/aromatic N) is 4. The second kappa shape index (κ2) is 4.99. The lowest BCUT2D eigenvalue weighted by Crippen LogP contribution is -2.41. The van der Waals surface area contributed by atoms with Gasteiger partial charge in [-0.2, -0.15) is 5.26 Å². The second-order valence-electron chi connectivity index (χ2n) is 7.53. The van der Waals surface area contributed by atoms with Gasteiger partial charge in [0.15, 0.2) is 0 Å². The normalized spacial score (nSPS) is 26.5. The Labute approximate surface area is 127 Å². The first-order chi connectivity index (χ1) is 9.92. The van der Waals surface area contributed by atoms with Crippen LogP contribution in [0.25, 0.3) is 0 Å². The van der Waals surface area contributed by atoms with Gasteiger partial charge in [-0.3, -0.25) is 4.90 Å². The van der Waals surface area contributed by atoms with E-state index in [1.807, 2.05) is 12.1 Å². The molecular weight excluding hydrogens is 260 g/mol.